The quantitative estimate of drug-likeness (QED) is 0.470. The van der Waals surface area contributed by atoms with E-state index in [2.05, 4.69) is 40.0 Å². The molecule has 0 aromatic heterocycles. The Morgan fingerprint density at radius 3 is 3.00 bits per heavy atom. The van der Waals surface area contributed by atoms with Gasteiger partial charge in [0.1, 0.15) is 0 Å². The van der Waals surface area contributed by atoms with Gasteiger partial charge in [0.15, 0.2) is 0 Å². The molecule has 1 N–H and O–H groups in total. The number of hydrogen-bond donors (Lipinski definition) is 1. The van der Waals surface area contributed by atoms with Crippen LogP contribution in [0.1, 0.15) is 26.2 Å². The second-order valence-electron chi connectivity index (χ2n) is 3.98. The highest BCUT2D eigenvalue weighted by molar-refractivity contribution is 9.09. The average molecular weight is 287 g/mol. The molecule has 1 fully saturated rings. The minimum absolute atomic E-state index is 0.244. The number of rotatable bonds is 5. The van der Waals surface area contributed by atoms with E-state index < -0.39 is 0 Å². The van der Waals surface area contributed by atoms with E-state index in [1.165, 1.54) is 0 Å². The Balaban J connectivity index is 2.14. The third-order valence-electron chi connectivity index (χ3n) is 2.70. The molecule has 0 aromatic carbocycles. The molecule has 0 radical (unpaired) electrons. The van der Waals surface area contributed by atoms with Crippen LogP contribution in [0.25, 0.3) is 0 Å². The maximum Gasteiger partial charge on any atom is 0.223 e. The fraction of sp³-hybridized carbons (Fsp3) is 0.750. The molecule has 1 aliphatic heterocycles. The van der Waals surface area contributed by atoms with Crippen LogP contribution in [-0.4, -0.2) is 41.8 Å². The summed E-state index contributed by atoms with van der Waals surface area (Å²) in [5, 5.41) is 4.25. The van der Waals surface area contributed by atoms with Gasteiger partial charge in [-0.25, -0.2) is 0 Å². The smallest absolute Gasteiger partial charge is 0.223 e. The van der Waals surface area contributed by atoms with Crippen molar-refractivity contribution >= 4 is 21.8 Å². The summed E-state index contributed by atoms with van der Waals surface area (Å²) in [4.78, 5) is 13.3. The van der Waals surface area contributed by atoms with Crippen molar-refractivity contribution in [3.05, 3.63) is 0 Å². The Hall–Kier alpha value is -0.530. The van der Waals surface area contributed by atoms with Crippen LogP contribution in [0.4, 0.5) is 0 Å². The van der Waals surface area contributed by atoms with E-state index >= 15 is 0 Å². The van der Waals surface area contributed by atoms with Crippen molar-refractivity contribution in [3.63, 3.8) is 0 Å². The molecule has 0 aliphatic carbocycles. The lowest BCUT2D eigenvalue weighted by atomic mass is 10.2. The second kappa shape index (κ2) is 7.70. The van der Waals surface area contributed by atoms with Gasteiger partial charge < -0.3 is 10.2 Å². The molecule has 16 heavy (non-hydrogen) atoms. The number of nitrogens with one attached hydrogen (secondary N) is 1. The molecular weight excluding hydrogens is 268 g/mol. The summed E-state index contributed by atoms with van der Waals surface area (Å²) >= 11 is 3.37. The van der Waals surface area contributed by atoms with E-state index in [0.29, 0.717) is 25.6 Å². The van der Waals surface area contributed by atoms with Crippen LogP contribution in [0.5, 0.6) is 0 Å². The van der Waals surface area contributed by atoms with Crippen LogP contribution in [-0.2, 0) is 4.79 Å². The lowest BCUT2D eigenvalue weighted by molar-refractivity contribution is -0.128. The largest absolute Gasteiger partial charge is 0.329 e. The van der Waals surface area contributed by atoms with Crippen LogP contribution in [0, 0.1) is 11.8 Å². The third-order valence-corrected chi connectivity index (χ3v) is 3.26. The van der Waals surface area contributed by atoms with Gasteiger partial charge in [-0.1, -0.05) is 27.8 Å². The van der Waals surface area contributed by atoms with Gasteiger partial charge in [-0.3, -0.25) is 4.79 Å². The molecule has 90 valence electrons. The fourth-order valence-electron chi connectivity index (χ4n) is 1.67. The summed E-state index contributed by atoms with van der Waals surface area (Å²) in [5.41, 5.74) is 0. The standard InChI is InChI=1S/C12H19BrN2O/c1-11-5-6-12(16)15(11)10-3-2-8-14-9-4-7-13/h11,14H,4-10H2,1H3. The molecule has 1 heterocycles. The topological polar surface area (TPSA) is 32.3 Å². The van der Waals surface area contributed by atoms with Gasteiger partial charge in [0.25, 0.3) is 0 Å². The summed E-state index contributed by atoms with van der Waals surface area (Å²) in [6, 6.07) is 0.364. The number of alkyl halides is 1. The highest BCUT2D eigenvalue weighted by Crippen LogP contribution is 2.16. The summed E-state index contributed by atoms with van der Waals surface area (Å²) in [7, 11) is 0. The Bertz CT molecular complexity index is 282. The second-order valence-corrected chi connectivity index (χ2v) is 4.78. The van der Waals surface area contributed by atoms with Crippen molar-refractivity contribution < 1.29 is 4.79 Å². The normalized spacial score (nSPS) is 19.8. The van der Waals surface area contributed by atoms with Gasteiger partial charge in [-0.05, 0) is 26.3 Å². The first-order valence-electron chi connectivity index (χ1n) is 5.77. The molecule has 1 unspecified atom stereocenters. The number of amides is 1. The molecule has 1 saturated heterocycles. The van der Waals surface area contributed by atoms with Crippen molar-refractivity contribution in [2.45, 2.75) is 32.2 Å². The average Bonchev–Trinajstić information content (AvgIpc) is 2.59. The van der Waals surface area contributed by atoms with Crippen LogP contribution in [0.3, 0.4) is 0 Å². The van der Waals surface area contributed by atoms with Crippen molar-refractivity contribution in [3.8, 4) is 11.8 Å². The van der Waals surface area contributed by atoms with Crippen molar-refractivity contribution in [2.24, 2.45) is 0 Å². The molecule has 4 heteroatoms. The molecule has 0 saturated carbocycles. The Morgan fingerprint density at radius 2 is 2.38 bits per heavy atom. The zero-order chi connectivity index (χ0) is 11.8. The number of likely N-dealkylation sites (tertiary alicyclic amines) is 1. The first-order chi connectivity index (χ1) is 7.75. The molecular formula is C12H19BrN2O. The van der Waals surface area contributed by atoms with Crippen LogP contribution in [0.2, 0.25) is 0 Å². The number of hydrogen-bond acceptors (Lipinski definition) is 2. The summed E-state index contributed by atoms with van der Waals surface area (Å²) in [6.07, 6.45) is 2.78. The first-order valence-corrected chi connectivity index (χ1v) is 6.89. The summed E-state index contributed by atoms with van der Waals surface area (Å²) in [6.45, 7) is 4.36. The SMILES string of the molecule is CC1CCC(=O)N1CC#CCNCCCBr. The Labute approximate surface area is 106 Å². The summed E-state index contributed by atoms with van der Waals surface area (Å²) in [5.74, 6) is 6.33. The van der Waals surface area contributed by atoms with Crippen molar-refractivity contribution in [2.75, 3.05) is 25.0 Å². The zero-order valence-electron chi connectivity index (χ0n) is 9.76. The van der Waals surface area contributed by atoms with Gasteiger partial charge in [0, 0.05) is 17.8 Å². The van der Waals surface area contributed by atoms with E-state index in [1.54, 1.807) is 0 Å². The van der Waals surface area contributed by atoms with Gasteiger partial charge in [-0.2, -0.15) is 0 Å². The number of nitrogens with zero attached hydrogens (tertiary/aromatic N) is 1. The zero-order valence-corrected chi connectivity index (χ0v) is 11.3. The van der Waals surface area contributed by atoms with E-state index in [-0.39, 0.29) is 5.91 Å². The molecule has 1 atom stereocenters. The maximum atomic E-state index is 11.4. The van der Waals surface area contributed by atoms with E-state index in [9.17, 15) is 4.79 Å². The Kier molecular flexibility index (Phi) is 6.51. The van der Waals surface area contributed by atoms with Crippen LogP contribution < -0.4 is 5.32 Å². The minimum atomic E-state index is 0.244. The number of carbonyl (C=O) groups excluding carboxylic acids is 1. The molecule has 1 aliphatic rings. The van der Waals surface area contributed by atoms with E-state index in [4.69, 9.17) is 0 Å². The molecule has 0 bridgehead atoms. The van der Waals surface area contributed by atoms with Crippen molar-refractivity contribution in [1.82, 2.24) is 10.2 Å². The van der Waals surface area contributed by atoms with E-state index in [1.807, 2.05) is 4.90 Å². The molecule has 3 nitrogen and oxygen atoms in total. The number of halogens is 1. The lowest BCUT2D eigenvalue weighted by Crippen LogP contribution is -2.31. The van der Waals surface area contributed by atoms with Crippen LogP contribution >= 0.6 is 15.9 Å². The summed E-state index contributed by atoms with van der Waals surface area (Å²) < 4.78 is 0. The predicted molar refractivity (Wildman–Crippen MR) is 69.5 cm³/mol. The van der Waals surface area contributed by atoms with Gasteiger partial charge >= 0.3 is 0 Å². The van der Waals surface area contributed by atoms with Gasteiger partial charge in [0.2, 0.25) is 5.91 Å². The lowest BCUT2D eigenvalue weighted by Gasteiger charge is -2.17. The highest BCUT2D eigenvalue weighted by Gasteiger charge is 2.26. The number of carbonyl (C=O) groups is 1. The maximum absolute atomic E-state index is 11.4. The fourth-order valence-corrected chi connectivity index (χ4v) is 1.95. The molecule has 1 amide bonds. The monoisotopic (exact) mass is 286 g/mol. The molecule has 1 rings (SSSR count). The first kappa shape index (κ1) is 13.5. The Morgan fingerprint density at radius 1 is 1.56 bits per heavy atom. The molecule has 0 spiro atoms. The van der Waals surface area contributed by atoms with E-state index in [0.717, 1.165) is 24.7 Å². The van der Waals surface area contributed by atoms with Gasteiger partial charge in [-0.15, -0.1) is 0 Å². The predicted octanol–water partition coefficient (Wildman–Crippen LogP) is 1.38. The van der Waals surface area contributed by atoms with Crippen LogP contribution in [0.15, 0.2) is 0 Å². The third kappa shape index (κ3) is 4.54. The van der Waals surface area contributed by atoms with Gasteiger partial charge in [0.05, 0.1) is 13.1 Å². The van der Waals surface area contributed by atoms with Crippen molar-refractivity contribution in [1.29, 1.82) is 0 Å². The minimum Gasteiger partial charge on any atom is -0.329 e. The molecule has 0 aromatic rings. The highest BCUT2D eigenvalue weighted by atomic mass is 79.9.